The molecule has 0 aliphatic carbocycles. The van der Waals surface area contributed by atoms with Crippen molar-refractivity contribution in [3.63, 3.8) is 0 Å². The molecule has 0 bridgehead atoms. The molecule has 0 saturated carbocycles. The van der Waals surface area contributed by atoms with E-state index in [4.69, 9.17) is 22.1 Å². The van der Waals surface area contributed by atoms with Crippen molar-refractivity contribution in [2.75, 3.05) is 18.8 Å². The first-order valence-corrected chi connectivity index (χ1v) is 11.7. The minimum absolute atomic E-state index is 0.0148. The number of rotatable bonds is 5. The summed E-state index contributed by atoms with van der Waals surface area (Å²) in [4.78, 5) is 19.0. The number of carbonyl (C=O) groups is 1. The Morgan fingerprint density at radius 1 is 1.11 bits per heavy atom. The van der Waals surface area contributed by atoms with Crippen molar-refractivity contribution in [3.8, 4) is 16.9 Å². The molecule has 6 nitrogen and oxygen atoms in total. The number of anilines is 1. The number of hydrogen-bond donors (Lipinski definition) is 2. The van der Waals surface area contributed by atoms with E-state index in [0.717, 1.165) is 17.7 Å². The van der Waals surface area contributed by atoms with Crippen LogP contribution in [-0.2, 0) is 0 Å². The van der Waals surface area contributed by atoms with Crippen LogP contribution in [0.4, 0.5) is 14.6 Å². The van der Waals surface area contributed by atoms with Crippen LogP contribution in [-0.4, -0.2) is 41.0 Å². The van der Waals surface area contributed by atoms with Gasteiger partial charge in [0, 0.05) is 48.1 Å². The Kier molecular flexibility index (Phi) is 7.23. The van der Waals surface area contributed by atoms with Crippen molar-refractivity contribution in [3.05, 3.63) is 76.4 Å². The van der Waals surface area contributed by atoms with Crippen LogP contribution < -0.4 is 15.8 Å². The third kappa shape index (κ3) is 5.39. The normalized spacial score (nSPS) is 18.9. The molecule has 2 aromatic carbocycles. The van der Waals surface area contributed by atoms with Gasteiger partial charge in [-0.25, -0.2) is 13.8 Å². The summed E-state index contributed by atoms with van der Waals surface area (Å²) in [5.41, 5.74) is 7.96. The zero-order chi connectivity index (χ0) is 25.3. The largest absolute Gasteiger partial charge is 0.482 e. The van der Waals surface area contributed by atoms with E-state index < -0.39 is 17.7 Å². The second-order valence-corrected chi connectivity index (χ2v) is 9.26. The smallest absolute Gasteiger partial charge is 0.253 e. The molecule has 184 valence electrons. The standard InChI is InChI=1S/C26H27ClF2N4O2/c1-14-12-33(13-15(2)32-14)26(34)18-6-4-17(5-7-18)19-10-22(25(30)31-11-19)35-16(3)23-20(28)8-9-21(29)24(23)27/h4-11,14-16,32H,12-13H2,1-3H3,(H2,30,31). The van der Waals surface area contributed by atoms with Crippen molar-refractivity contribution in [2.24, 2.45) is 0 Å². The Morgan fingerprint density at radius 3 is 2.40 bits per heavy atom. The predicted octanol–water partition coefficient (Wildman–Crippen LogP) is 5.22. The number of ether oxygens (including phenoxy) is 1. The highest BCUT2D eigenvalue weighted by atomic mass is 35.5. The van der Waals surface area contributed by atoms with Crippen molar-refractivity contribution in [1.82, 2.24) is 15.2 Å². The van der Waals surface area contributed by atoms with Gasteiger partial charge in [0.1, 0.15) is 17.7 Å². The van der Waals surface area contributed by atoms with Crippen LogP contribution in [0.3, 0.4) is 0 Å². The number of carbonyl (C=O) groups excluding carboxylic acids is 1. The molecule has 0 radical (unpaired) electrons. The molecule has 1 saturated heterocycles. The molecule has 3 aromatic rings. The average molecular weight is 501 g/mol. The Hall–Kier alpha value is -3.23. The van der Waals surface area contributed by atoms with Crippen LogP contribution in [0.2, 0.25) is 5.02 Å². The molecule has 1 amide bonds. The molecule has 3 N–H and O–H groups in total. The number of hydrogen-bond acceptors (Lipinski definition) is 5. The van der Waals surface area contributed by atoms with Gasteiger partial charge in [-0.3, -0.25) is 4.79 Å². The molecule has 3 unspecified atom stereocenters. The number of aromatic nitrogens is 1. The quantitative estimate of drug-likeness (QED) is 0.469. The number of nitrogen functional groups attached to an aromatic ring is 1. The highest BCUT2D eigenvalue weighted by molar-refractivity contribution is 6.31. The van der Waals surface area contributed by atoms with Crippen molar-refractivity contribution < 1.29 is 18.3 Å². The van der Waals surface area contributed by atoms with Gasteiger partial charge in [-0.2, -0.15) is 0 Å². The van der Waals surface area contributed by atoms with E-state index in [-0.39, 0.29) is 40.1 Å². The van der Waals surface area contributed by atoms with Gasteiger partial charge in [-0.15, -0.1) is 0 Å². The Labute approximate surface area is 208 Å². The first-order valence-electron chi connectivity index (χ1n) is 11.4. The number of nitrogens with two attached hydrogens (primary N) is 1. The lowest BCUT2D eigenvalue weighted by atomic mass is 10.0. The third-order valence-electron chi connectivity index (χ3n) is 5.98. The highest BCUT2D eigenvalue weighted by Gasteiger charge is 2.25. The van der Waals surface area contributed by atoms with Crippen LogP contribution >= 0.6 is 11.6 Å². The van der Waals surface area contributed by atoms with E-state index >= 15 is 0 Å². The van der Waals surface area contributed by atoms with Gasteiger partial charge in [-0.05, 0) is 56.7 Å². The van der Waals surface area contributed by atoms with E-state index in [2.05, 4.69) is 24.1 Å². The van der Waals surface area contributed by atoms with Gasteiger partial charge < -0.3 is 20.7 Å². The Bertz CT molecular complexity index is 1230. The molecule has 1 aliphatic heterocycles. The molecule has 1 aliphatic rings. The van der Waals surface area contributed by atoms with Gasteiger partial charge >= 0.3 is 0 Å². The van der Waals surface area contributed by atoms with Crippen LogP contribution in [0.15, 0.2) is 48.7 Å². The predicted molar refractivity (Wildman–Crippen MR) is 132 cm³/mol. The topological polar surface area (TPSA) is 80.5 Å². The number of nitrogens with one attached hydrogen (secondary N) is 1. The zero-order valence-electron chi connectivity index (χ0n) is 19.7. The fourth-order valence-electron chi connectivity index (χ4n) is 4.35. The highest BCUT2D eigenvalue weighted by Crippen LogP contribution is 2.34. The first kappa shape index (κ1) is 24.9. The summed E-state index contributed by atoms with van der Waals surface area (Å²) in [6.07, 6.45) is 0.667. The van der Waals surface area contributed by atoms with E-state index in [1.54, 1.807) is 31.3 Å². The molecule has 4 rings (SSSR count). The summed E-state index contributed by atoms with van der Waals surface area (Å²) in [5.74, 6) is -1.13. The zero-order valence-corrected chi connectivity index (χ0v) is 20.4. The molecule has 1 fully saturated rings. The average Bonchev–Trinajstić information content (AvgIpc) is 2.82. The third-order valence-corrected chi connectivity index (χ3v) is 6.37. The molecule has 1 aromatic heterocycles. The summed E-state index contributed by atoms with van der Waals surface area (Å²) >= 11 is 5.96. The van der Waals surface area contributed by atoms with Gasteiger partial charge in [0.25, 0.3) is 5.91 Å². The molecule has 3 atom stereocenters. The molecule has 9 heteroatoms. The van der Waals surface area contributed by atoms with Gasteiger partial charge in [0.05, 0.1) is 5.02 Å². The summed E-state index contributed by atoms with van der Waals surface area (Å²) < 4.78 is 34.0. The second kappa shape index (κ2) is 10.2. The van der Waals surface area contributed by atoms with Crippen molar-refractivity contribution in [1.29, 1.82) is 0 Å². The maximum absolute atomic E-state index is 14.3. The number of amides is 1. The summed E-state index contributed by atoms with van der Waals surface area (Å²) in [6.45, 7) is 6.98. The Morgan fingerprint density at radius 2 is 1.74 bits per heavy atom. The first-order chi connectivity index (χ1) is 16.6. The van der Waals surface area contributed by atoms with Crippen molar-refractivity contribution >= 4 is 23.3 Å². The minimum atomic E-state index is -0.915. The second-order valence-electron chi connectivity index (χ2n) is 8.88. The number of piperazine rings is 1. The summed E-state index contributed by atoms with van der Waals surface area (Å²) in [6, 6.07) is 11.3. The molecule has 35 heavy (non-hydrogen) atoms. The number of halogens is 3. The lowest BCUT2D eigenvalue weighted by Gasteiger charge is -2.36. The van der Waals surface area contributed by atoms with E-state index in [9.17, 15) is 13.6 Å². The molecular weight excluding hydrogens is 474 g/mol. The lowest BCUT2D eigenvalue weighted by Crippen LogP contribution is -2.55. The monoisotopic (exact) mass is 500 g/mol. The fourth-order valence-corrected chi connectivity index (χ4v) is 4.66. The summed E-state index contributed by atoms with van der Waals surface area (Å²) in [5, 5.41) is 3.08. The van der Waals surface area contributed by atoms with E-state index in [0.29, 0.717) is 24.2 Å². The lowest BCUT2D eigenvalue weighted by molar-refractivity contribution is 0.0674. The van der Waals surface area contributed by atoms with Crippen molar-refractivity contribution in [2.45, 2.75) is 39.0 Å². The Balaban J connectivity index is 1.54. The summed E-state index contributed by atoms with van der Waals surface area (Å²) in [7, 11) is 0. The number of benzene rings is 2. The van der Waals surface area contributed by atoms with Crippen LogP contribution in [0, 0.1) is 11.6 Å². The molecular formula is C26H27ClF2N4O2. The maximum Gasteiger partial charge on any atom is 0.253 e. The maximum atomic E-state index is 14.3. The fraction of sp³-hybridized carbons (Fsp3) is 0.308. The van der Waals surface area contributed by atoms with Crippen LogP contribution in [0.25, 0.3) is 11.1 Å². The van der Waals surface area contributed by atoms with Crippen LogP contribution in [0.5, 0.6) is 5.75 Å². The van der Waals surface area contributed by atoms with Gasteiger partial charge in [0.2, 0.25) is 0 Å². The number of nitrogens with zero attached hydrogens (tertiary/aromatic N) is 2. The SMILES string of the molecule is CC1CN(C(=O)c2ccc(-c3cnc(N)c(OC(C)c4c(F)ccc(F)c4Cl)c3)cc2)CC(C)N1. The van der Waals surface area contributed by atoms with Crippen LogP contribution in [0.1, 0.15) is 42.8 Å². The van der Waals surface area contributed by atoms with Gasteiger partial charge in [-0.1, -0.05) is 23.7 Å². The van der Waals surface area contributed by atoms with Gasteiger partial charge in [0.15, 0.2) is 11.6 Å². The molecule has 0 spiro atoms. The minimum Gasteiger partial charge on any atom is -0.482 e. The molecule has 2 heterocycles. The number of pyridine rings is 1. The van der Waals surface area contributed by atoms with E-state index in [1.165, 1.54) is 0 Å². The van der Waals surface area contributed by atoms with E-state index in [1.807, 2.05) is 17.0 Å².